The van der Waals surface area contributed by atoms with Gasteiger partial charge in [-0.15, -0.1) is 0 Å². The van der Waals surface area contributed by atoms with E-state index in [0.717, 1.165) is 42.9 Å². The van der Waals surface area contributed by atoms with E-state index in [1.54, 1.807) is 5.57 Å². The molecule has 0 aromatic carbocycles. The van der Waals surface area contributed by atoms with Crippen LogP contribution in [-0.4, -0.2) is 38.2 Å². The van der Waals surface area contributed by atoms with Crippen LogP contribution in [0.25, 0.3) is 0 Å². The zero-order chi connectivity index (χ0) is 32.2. The predicted octanol–water partition coefficient (Wildman–Crippen LogP) is 9.96. The number of ether oxygens (including phenoxy) is 1. The number of hydrogen-bond acceptors (Lipinski definition) is 4. The Morgan fingerprint density at radius 1 is 1.00 bits per heavy atom. The molecule has 0 spiro atoms. The molecule has 0 unspecified atom stereocenters. The zero-order valence-corrected chi connectivity index (χ0v) is 31.1. The van der Waals surface area contributed by atoms with E-state index in [4.69, 9.17) is 9.16 Å². The van der Waals surface area contributed by atoms with E-state index in [9.17, 15) is 9.90 Å². The van der Waals surface area contributed by atoms with E-state index >= 15 is 0 Å². The largest absolute Gasteiger partial charge is 0.465 e. The molecule has 3 fully saturated rings. The molecule has 0 bridgehead atoms. The van der Waals surface area contributed by atoms with Crippen molar-refractivity contribution in [2.24, 2.45) is 51.8 Å². The van der Waals surface area contributed by atoms with Crippen LogP contribution >= 0.6 is 0 Å². The van der Waals surface area contributed by atoms with Gasteiger partial charge in [0.25, 0.3) is 0 Å². The first-order chi connectivity index (χ1) is 19.7. The van der Waals surface area contributed by atoms with E-state index in [2.05, 4.69) is 60.7 Å². The summed E-state index contributed by atoms with van der Waals surface area (Å²) >= 11 is 0. The molecule has 0 radical (unpaired) electrons. The first-order valence-corrected chi connectivity index (χ1v) is 20.8. The lowest BCUT2D eigenvalue weighted by Crippen LogP contribution is -2.52. The number of allylic oxidation sites excluding steroid dienone is 1. The molecule has 248 valence electrons. The SMILES string of the molecule is C[C@H](COC(=O)C(C)(C)C)[C@H](O)CC[C@@H](C)[C@H]1CC[C@H]2[C@@H]3CC=C4C[C@@H](O[Si](C)(C)C(C)(C)C)CC[C@]4(C)[C@H]3CC[C@]12C. The molecule has 5 heteroatoms. The van der Waals surface area contributed by atoms with Crippen LogP contribution in [0.3, 0.4) is 0 Å². The third-order valence-electron chi connectivity index (χ3n) is 13.8. The van der Waals surface area contributed by atoms with Crippen LogP contribution < -0.4 is 0 Å². The number of carbonyl (C=O) groups excluding carboxylic acids is 1. The van der Waals surface area contributed by atoms with Crippen LogP contribution in [0.2, 0.25) is 18.1 Å². The molecule has 0 aromatic rings. The molecule has 43 heavy (non-hydrogen) atoms. The molecule has 0 saturated heterocycles. The molecule has 1 N–H and O–H groups in total. The number of aliphatic hydroxyl groups is 1. The van der Waals surface area contributed by atoms with Gasteiger partial charge in [0.2, 0.25) is 0 Å². The quantitative estimate of drug-likeness (QED) is 0.159. The summed E-state index contributed by atoms with van der Waals surface area (Å²) in [6, 6.07) is 0. The number of esters is 1. The number of rotatable bonds is 9. The minimum atomic E-state index is -1.75. The van der Waals surface area contributed by atoms with E-state index in [1.165, 1.54) is 44.9 Å². The molecule has 4 aliphatic rings. The molecule has 4 rings (SSSR count). The second-order valence-electron chi connectivity index (χ2n) is 18.7. The Labute approximate surface area is 266 Å². The molecule has 3 saturated carbocycles. The number of hydrogen-bond donors (Lipinski definition) is 1. The van der Waals surface area contributed by atoms with Gasteiger partial charge in [0, 0.05) is 12.0 Å². The van der Waals surface area contributed by atoms with E-state index in [1.807, 2.05) is 27.7 Å². The van der Waals surface area contributed by atoms with Crippen LogP contribution in [0, 0.1) is 51.8 Å². The van der Waals surface area contributed by atoms with Crippen LogP contribution in [0.5, 0.6) is 0 Å². The molecule has 0 aliphatic heterocycles. The summed E-state index contributed by atoms with van der Waals surface area (Å²) in [6.45, 7) is 27.6. The van der Waals surface area contributed by atoms with Crippen molar-refractivity contribution in [3.05, 3.63) is 11.6 Å². The molecule has 0 aromatic heterocycles. The van der Waals surface area contributed by atoms with Gasteiger partial charge >= 0.3 is 5.97 Å². The molecule has 0 heterocycles. The maximum Gasteiger partial charge on any atom is 0.311 e. The Balaban J connectivity index is 1.35. The van der Waals surface area contributed by atoms with Crippen LogP contribution in [-0.2, 0) is 14.0 Å². The fourth-order valence-corrected chi connectivity index (χ4v) is 11.1. The first kappa shape index (κ1) is 35.2. The fraction of sp³-hybridized carbons (Fsp3) is 0.921. The van der Waals surface area contributed by atoms with Crippen LogP contribution in [0.4, 0.5) is 0 Å². The Bertz CT molecular complexity index is 1020. The summed E-state index contributed by atoms with van der Waals surface area (Å²) in [7, 11) is -1.75. The summed E-state index contributed by atoms with van der Waals surface area (Å²) in [5, 5.41) is 11.2. The molecule has 4 aliphatic carbocycles. The standard InChI is InChI=1S/C38H68O4Si/c1-25(13-18-33(39)26(2)24-41-34(40)35(3,4)5)30-16-17-31-29-15-14-27-23-28(42-43(11,12)36(6,7)8)19-21-37(27,9)32(29)20-22-38(30,31)10/h14,25-26,28-33,39H,13,15-24H2,1-12H3/t25-,26-,28+,29+,30-,31+,32+,33-,37+,38-/m1/s1. The maximum atomic E-state index is 12.2. The topological polar surface area (TPSA) is 55.8 Å². The second-order valence-corrected chi connectivity index (χ2v) is 23.4. The van der Waals surface area contributed by atoms with Gasteiger partial charge in [-0.25, -0.2) is 0 Å². The Morgan fingerprint density at radius 2 is 1.67 bits per heavy atom. The lowest BCUT2D eigenvalue weighted by molar-refractivity contribution is -0.155. The van der Waals surface area contributed by atoms with Gasteiger partial charge < -0.3 is 14.3 Å². The van der Waals surface area contributed by atoms with Crippen molar-refractivity contribution in [2.45, 2.75) is 164 Å². The van der Waals surface area contributed by atoms with Crippen molar-refractivity contribution in [3.8, 4) is 0 Å². The lowest BCUT2D eigenvalue weighted by Gasteiger charge is -2.59. The predicted molar refractivity (Wildman–Crippen MR) is 181 cm³/mol. The molecule has 10 atom stereocenters. The molecular weight excluding hydrogens is 549 g/mol. The van der Waals surface area contributed by atoms with Crippen LogP contribution in [0.15, 0.2) is 11.6 Å². The number of aliphatic hydroxyl groups excluding tert-OH is 1. The summed E-state index contributed by atoms with van der Waals surface area (Å²) in [5.74, 6) is 3.61. The number of fused-ring (bicyclic) bond motifs is 5. The monoisotopic (exact) mass is 616 g/mol. The van der Waals surface area contributed by atoms with E-state index < -0.39 is 19.8 Å². The van der Waals surface area contributed by atoms with Gasteiger partial charge in [-0.1, -0.05) is 60.1 Å². The maximum absolute atomic E-state index is 12.2. The second kappa shape index (κ2) is 12.5. The summed E-state index contributed by atoms with van der Waals surface area (Å²) in [4.78, 5) is 12.2. The third kappa shape index (κ3) is 7.04. The summed E-state index contributed by atoms with van der Waals surface area (Å²) in [5.41, 5.74) is 2.01. The summed E-state index contributed by atoms with van der Waals surface area (Å²) in [6.07, 6.45) is 14.9. The zero-order valence-electron chi connectivity index (χ0n) is 30.1. The smallest absolute Gasteiger partial charge is 0.311 e. The van der Waals surface area contributed by atoms with Crippen molar-refractivity contribution in [1.29, 1.82) is 0 Å². The highest BCUT2D eigenvalue weighted by molar-refractivity contribution is 6.74. The van der Waals surface area contributed by atoms with Gasteiger partial charge in [0.05, 0.1) is 18.1 Å². The van der Waals surface area contributed by atoms with Gasteiger partial charge in [0.1, 0.15) is 0 Å². The first-order valence-electron chi connectivity index (χ1n) is 17.9. The molecular formula is C38H68O4Si. The normalized spacial score (nSPS) is 37.0. The molecule has 0 amide bonds. The van der Waals surface area contributed by atoms with Crippen LogP contribution in [0.1, 0.15) is 133 Å². The van der Waals surface area contributed by atoms with Crippen molar-refractivity contribution in [2.75, 3.05) is 6.61 Å². The highest BCUT2D eigenvalue weighted by atomic mass is 28.4. The summed E-state index contributed by atoms with van der Waals surface area (Å²) < 4.78 is 12.5. The Hall–Kier alpha value is -0.653. The van der Waals surface area contributed by atoms with Gasteiger partial charge in [0.15, 0.2) is 8.32 Å². The molecule has 4 nitrogen and oxygen atoms in total. The van der Waals surface area contributed by atoms with Gasteiger partial charge in [-0.05, 0) is 144 Å². The van der Waals surface area contributed by atoms with Gasteiger partial charge in [-0.3, -0.25) is 4.79 Å². The Morgan fingerprint density at radius 3 is 2.30 bits per heavy atom. The van der Waals surface area contributed by atoms with Crippen molar-refractivity contribution in [3.63, 3.8) is 0 Å². The van der Waals surface area contributed by atoms with Gasteiger partial charge in [-0.2, -0.15) is 0 Å². The number of carbonyl (C=O) groups is 1. The Kier molecular flexibility index (Phi) is 10.2. The minimum Gasteiger partial charge on any atom is -0.465 e. The third-order valence-corrected chi connectivity index (χ3v) is 18.3. The fourth-order valence-electron chi connectivity index (χ4n) is 9.75. The average Bonchev–Trinajstić information content (AvgIpc) is 3.26. The lowest BCUT2D eigenvalue weighted by atomic mass is 9.47. The van der Waals surface area contributed by atoms with E-state index in [0.29, 0.717) is 29.5 Å². The van der Waals surface area contributed by atoms with Crippen molar-refractivity contribution < 1.29 is 19.1 Å². The highest BCUT2D eigenvalue weighted by Crippen LogP contribution is 2.67. The minimum absolute atomic E-state index is 0.0350. The van der Waals surface area contributed by atoms with E-state index in [-0.39, 0.29) is 16.9 Å². The average molecular weight is 617 g/mol. The van der Waals surface area contributed by atoms with Crippen molar-refractivity contribution >= 4 is 14.3 Å². The highest BCUT2D eigenvalue weighted by Gasteiger charge is 2.59. The van der Waals surface area contributed by atoms with Crippen molar-refractivity contribution in [1.82, 2.24) is 0 Å².